The number of hydrogen-bond donors (Lipinski definition) is 2. The average Bonchev–Trinajstić information content (AvgIpc) is 2.53. The standard InChI is InChI=1S/C17H19NO4/c1-21-15-8-7-13(14(18)10-17(19)20)9-16(15)22-11-12-5-3-2-4-6-12/h2-9,14H,10-11,18H2,1H3,(H,19,20)/t14-/m1/s1. The highest BCUT2D eigenvalue weighted by molar-refractivity contribution is 5.68. The molecule has 0 saturated carbocycles. The van der Waals surface area contributed by atoms with Gasteiger partial charge in [0.2, 0.25) is 0 Å². The number of hydrogen-bond acceptors (Lipinski definition) is 4. The first-order valence-corrected chi connectivity index (χ1v) is 6.92. The number of aliphatic carboxylic acids is 1. The van der Waals surface area contributed by atoms with Crippen molar-refractivity contribution in [2.24, 2.45) is 5.73 Å². The minimum atomic E-state index is -0.935. The van der Waals surface area contributed by atoms with E-state index in [-0.39, 0.29) is 6.42 Å². The molecule has 0 saturated heterocycles. The number of benzene rings is 2. The third kappa shape index (κ3) is 4.23. The van der Waals surface area contributed by atoms with E-state index in [4.69, 9.17) is 20.3 Å². The quantitative estimate of drug-likeness (QED) is 0.821. The Balaban J connectivity index is 2.15. The SMILES string of the molecule is COc1ccc([C@H](N)CC(=O)O)cc1OCc1ccccc1. The largest absolute Gasteiger partial charge is 0.493 e. The van der Waals surface area contributed by atoms with Gasteiger partial charge in [0, 0.05) is 6.04 Å². The van der Waals surface area contributed by atoms with E-state index in [1.54, 1.807) is 25.3 Å². The molecule has 5 nitrogen and oxygen atoms in total. The maximum atomic E-state index is 10.8. The first kappa shape index (κ1) is 15.9. The van der Waals surface area contributed by atoms with Crippen LogP contribution in [0.25, 0.3) is 0 Å². The minimum Gasteiger partial charge on any atom is -0.493 e. The summed E-state index contributed by atoms with van der Waals surface area (Å²) >= 11 is 0. The van der Waals surface area contributed by atoms with E-state index in [9.17, 15) is 4.79 Å². The second-order valence-electron chi connectivity index (χ2n) is 4.89. The van der Waals surface area contributed by atoms with E-state index in [1.165, 1.54) is 0 Å². The monoisotopic (exact) mass is 301 g/mol. The van der Waals surface area contributed by atoms with Crippen LogP contribution in [0.3, 0.4) is 0 Å². The molecule has 0 aliphatic heterocycles. The third-order valence-corrected chi connectivity index (χ3v) is 3.25. The van der Waals surface area contributed by atoms with Crippen LogP contribution in [0.15, 0.2) is 48.5 Å². The van der Waals surface area contributed by atoms with Crippen LogP contribution in [0.2, 0.25) is 0 Å². The van der Waals surface area contributed by atoms with Crippen LogP contribution in [0.4, 0.5) is 0 Å². The number of carboxylic acid groups (broad SMARTS) is 1. The van der Waals surface area contributed by atoms with Crippen molar-refractivity contribution >= 4 is 5.97 Å². The van der Waals surface area contributed by atoms with Crippen LogP contribution in [0, 0.1) is 0 Å². The molecule has 0 unspecified atom stereocenters. The summed E-state index contributed by atoms with van der Waals surface area (Å²) in [5, 5.41) is 8.83. The van der Waals surface area contributed by atoms with Crippen molar-refractivity contribution in [2.75, 3.05) is 7.11 Å². The van der Waals surface area contributed by atoms with Crippen LogP contribution < -0.4 is 15.2 Å². The number of nitrogens with two attached hydrogens (primary N) is 1. The predicted molar refractivity (Wildman–Crippen MR) is 82.9 cm³/mol. The normalized spacial score (nSPS) is 11.7. The molecule has 0 aliphatic carbocycles. The summed E-state index contributed by atoms with van der Waals surface area (Å²) in [4.78, 5) is 10.8. The molecular weight excluding hydrogens is 282 g/mol. The van der Waals surface area contributed by atoms with E-state index in [2.05, 4.69) is 0 Å². The smallest absolute Gasteiger partial charge is 0.305 e. The fourth-order valence-electron chi connectivity index (χ4n) is 2.08. The van der Waals surface area contributed by atoms with Gasteiger partial charge in [0.1, 0.15) is 6.61 Å². The highest BCUT2D eigenvalue weighted by atomic mass is 16.5. The molecule has 0 aliphatic rings. The molecular formula is C17H19NO4. The lowest BCUT2D eigenvalue weighted by Crippen LogP contribution is -2.15. The molecule has 0 amide bonds. The van der Waals surface area contributed by atoms with Gasteiger partial charge in [0.25, 0.3) is 0 Å². The lowest BCUT2D eigenvalue weighted by atomic mass is 10.0. The fraction of sp³-hybridized carbons (Fsp3) is 0.235. The van der Waals surface area contributed by atoms with E-state index in [0.717, 1.165) is 5.56 Å². The average molecular weight is 301 g/mol. The number of rotatable bonds is 7. The number of carboxylic acids is 1. The van der Waals surface area contributed by atoms with Gasteiger partial charge in [-0.05, 0) is 23.3 Å². The summed E-state index contributed by atoms with van der Waals surface area (Å²) < 4.78 is 11.0. The van der Waals surface area contributed by atoms with Crippen LogP contribution in [-0.4, -0.2) is 18.2 Å². The molecule has 22 heavy (non-hydrogen) atoms. The second kappa shape index (κ2) is 7.47. The highest BCUT2D eigenvalue weighted by Gasteiger charge is 2.14. The third-order valence-electron chi connectivity index (χ3n) is 3.25. The van der Waals surface area contributed by atoms with Crippen LogP contribution >= 0.6 is 0 Å². The Morgan fingerprint density at radius 1 is 1.18 bits per heavy atom. The van der Waals surface area contributed by atoms with Crippen LogP contribution in [-0.2, 0) is 11.4 Å². The Morgan fingerprint density at radius 2 is 1.91 bits per heavy atom. The van der Waals surface area contributed by atoms with E-state index in [1.807, 2.05) is 30.3 Å². The van der Waals surface area contributed by atoms with Crippen molar-refractivity contribution in [2.45, 2.75) is 19.1 Å². The van der Waals surface area contributed by atoms with E-state index in [0.29, 0.717) is 23.7 Å². The number of methoxy groups -OCH3 is 1. The van der Waals surface area contributed by atoms with E-state index < -0.39 is 12.0 Å². The molecule has 0 aromatic heterocycles. The molecule has 1 atom stereocenters. The fourth-order valence-corrected chi connectivity index (χ4v) is 2.08. The molecule has 0 radical (unpaired) electrons. The Hall–Kier alpha value is -2.53. The van der Waals surface area contributed by atoms with Gasteiger partial charge in [0.15, 0.2) is 11.5 Å². The van der Waals surface area contributed by atoms with Crippen molar-refractivity contribution in [3.05, 3.63) is 59.7 Å². The Morgan fingerprint density at radius 3 is 2.55 bits per heavy atom. The zero-order chi connectivity index (χ0) is 15.9. The van der Waals surface area contributed by atoms with E-state index >= 15 is 0 Å². The molecule has 0 fully saturated rings. The lowest BCUT2D eigenvalue weighted by Gasteiger charge is -2.15. The summed E-state index contributed by atoms with van der Waals surface area (Å²) in [6.45, 7) is 0.398. The van der Waals surface area contributed by atoms with Gasteiger partial charge in [-0.1, -0.05) is 36.4 Å². The van der Waals surface area contributed by atoms with Crippen molar-refractivity contribution in [3.63, 3.8) is 0 Å². The minimum absolute atomic E-state index is 0.134. The highest BCUT2D eigenvalue weighted by Crippen LogP contribution is 2.31. The van der Waals surface area contributed by atoms with Crippen molar-refractivity contribution in [3.8, 4) is 11.5 Å². The Labute approximate surface area is 129 Å². The van der Waals surface area contributed by atoms with Gasteiger partial charge in [-0.25, -0.2) is 0 Å². The molecule has 0 heterocycles. The zero-order valence-electron chi connectivity index (χ0n) is 12.4. The molecule has 116 valence electrons. The molecule has 2 aromatic carbocycles. The maximum absolute atomic E-state index is 10.8. The summed E-state index contributed by atoms with van der Waals surface area (Å²) in [5.41, 5.74) is 7.62. The summed E-state index contributed by atoms with van der Waals surface area (Å²) in [6.07, 6.45) is -0.134. The molecule has 3 N–H and O–H groups in total. The van der Waals surface area contributed by atoms with Gasteiger partial charge in [-0.15, -0.1) is 0 Å². The van der Waals surface area contributed by atoms with Gasteiger partial charge in [-0.2, -0.15) is 0 Å². The Kier molecular flexibility index (Phi) is 5.38. The van der Waals surface area contributed by atoms with Crippen LogP contribution in [0.1, 0.15) is 23.6 Å². The van der Waals surface area contributed by atoms with Crippen LogP contribution in [0.5, 0.6) is 11.5 Å². The first-order valence-electron chi connectivity index (χ1n) is 6.92. The topological polar surface area (TPSA) is 81.8 Å². The van der Waals surface area contributed by atoms with Crippen molar-refractivity contribution in [1.29, 1.82) is 0 Å². The predicted octanol–water partition coefficient (Wildman–Crippen LogP) is 2.75. The first-order chi connectivity index (χ1) is 10.6. The molecule has 0 bridgehead atoms. The maximum Gasteiger partial charge on any atom is 0.305 e. The number of ether oxygens (including phenoxy) is 2. The lowest BCUT2D eigenvalue weighted by molar-refractivity contribution is -0.137. The zero-order valence-corrected chi connectivity index (χ0v) is 12.4. The molecule has 2 aromatic rings. The summed E-state index contributed by atoms with van der Waals surface area (Å²) in [7, 11) is 1.56. The molecule has 5 heteroatoms. The second-order valence-corrected chi connectivity index (χ2v) is 4.89. The number of carbonyl (C=O) groups is 1. The molecule has 2 rings (SSSR count). The van der Waals surface area contributed by atoms with Gasteiger partial charge in [-0.3, -0.25) is 4.79 Å². The van der Waals surface area contributed by atoms with Gasteiger partial charge >= 0.3 is 5.97 Å². The van der Waals surface area contributed by atoms with Crippen molar-refractivity contribution in [1.82, 2.24) is 0 Å². The van der Waals surface area contributed by atoms with Gasteiger partial charge in [0.05, 0.1) is 13.5 Å². The summed E-state index contributed by atoms with van der Waals surface area (Å²) in [5.74, 6) is 0.196. The molecule has 0 spiro atoms. The van der Waals surface area contributed by atoms with Crippen molar-refractivity contribution < 1.29 is 19.4 Å². The summed E-state index contributed by atoms with van der Waals surface area (Å²) in [6, 6.07) is 14.4. The Bertz CT molecular complexity index is 628. The van der Waals surface area contributed by atoms with Gasteiger partial charge < -0.3 is 20.3 Å².